The Morgan fingerprint density at radius 1 is 1.67 bits per heavy atom. The largest absolute Gasteiger partial charge is 0.347 e. The van der Waals surface area contributed by atoms with Crippen molar-refractivity contribution in [3.63, 3.8) is 0 Å². The van der Waals surface area contributed by atoms with Gasteiger partial charge in [-0.1, -0.05) is 0 Å². The number of nitrogens with zero attached hydrogens (tertiary/aromatic N) is 1. The van der Waals surface area contributed by atoms with Crippen LogP contribution in [0.4, 0.5) is 0 Å². The molecule has 2 N–H and O–H groups in total. The first-order chi connectivity index (χ1) is 7.27. The molecule has 0 saturated carbocycles. The first-order valence-corrected chi connectivity index (χ1v) is 5.40. The maximum Gasteiger partial charge on any atom is 0.268 e. The minimum Gasteiger partial charge on any atom is -0.347 e. The van der Waals surface area contributed by atoms with Crippen molar-refractivity contribution >= 4 is 5.91 Å². The third-order valence-electron chi connectivity index (χ3n) is 2.81. The van der Waals surface area contributed by atoms with Crippen LogP contribution in [-0.2, 0) is 7.05 Å². The van der Waals surface area contributed by atoms with E-state index in [-0.39, 0.29) is 11.9 Å². The van der Waals surface area contributed by atoms with E-state index in [1.807, 2.05) is 29.9 Å². The Labute approximate surface area is 89.7 Å². The molecular weight excluding hydrogens is 190 g/mol. The van der Waals surface area contributed by atoms with Gasteiger partial charge in [-0.2, -0.15) is 0 Å². The monoisotopic (exact) mass is 207 g/mol. The normalized spacial score (nSPS) is 21.3. The van der Waals surface area contributed by atoms with Crippen molar-refractivity contribution in [1.82, 2.24) is 15.2 Å². The van der Waals surface area contributed by atoms with E-state index in [0.29, 0.717) is 0 Å². The SMILES string of the molecule is Cn1cccc1C(=O)N[C@@H]1CCCNC1. The van der Waals surface area contributed by atoms with Gasteiger partial charge in [0.05, 0.1) is 0 Å². The molecule has 1 fully saturated rings. The highest BCUT2D eigenvalue weighted by atomic mass is 16.2. The average molecular weight is 207 g/mol. The molecule has 1 aromatic heterocycles. The first kappa shape index (κ1) is 10.2. The third-order valence-corrected chi connectivity index (χ3v) is 2.81. The quantitative estimate of drug-likeness (QED) is 0.742. The van der Waals surface area contributed by atoms with Crippen LogP contribution in [0.5, 0.6) is 0 Å². The smallest absolute Gasteiger partial charge is 0.268 e. The number of aromatic nitrogens is 1. The molecule has 15 heavy (non-hydrogen) atoms. The number of aryl methyl sites for hydroxylation is 1. The molecule has 0 unspecified atom stereocenters. The van der Waals surface area contributed by atoms with Crippen molar-refractivity contribution < 1.29 is 4.79 Å². The summed E-state index contributed by atoms with van der Waals surface area (Å²) >= 11 is 0. The fourth-order valence-corrected chi connectivity index (χ4v) is 1.93. The highest BCUT2D eigenvalue weighted by molar-refractivity contribution is 5.92. The highest BCUT2D eigenvalue weighted by Gasteiger charge is 2.17. The molecule has 2 rings (SSSR count). The van der Waals surface area contributed by atoms with Gasteiger partial charge in [0.25, 0.3) is 5.91 Å². The van der Waals surface area contributed by atoms with E-state index in [1.165, 1.54) is 0 Å². The lowest BCUT2D eigenvalue weighted by Gasteiger charge is -2.23. The van der Waals surface area contributed by atoms with Crippen LogP contribution in [0.2, 0.25) is 0 Å². The van der Waals surface area contributed by atoms with Crippen LogP contribution in [0.15, 0.2) is 18.3 Å². The molecule has 0 radical (unpaired) electrons. The number of amides is 1. The van der Waals surface area contributed by atoms with Crippen molar-refractivity contribution in [2.24, 2.45) is 7.05 Å². The lowest BCUT2D eigenvalue weighted by Crippen LogP contribution is -2.45. The van der Waals surface area contributed by atoms with Crippen molar-refractivity contribution in [2.45, 2.75) is 18.9 Å². The second-order valence-corrected chi connectivity index (χ2v) is 4.02. The molecule has 4 nitrogen and oxygen atoms in total. The van der Waals surface area contributed by atoms with Crippen LogP contribution in [0, 0.1) is 0 Å². The third kappa shape index (κ3) is 2.39. The summed E-state index contributed by atoms with van der Waals surface area (Å²) in [5.41, 5.74) is 0.723. The van der Waals surface area contributed by atoms with Crippen LogP contribution in [0.3, 0.4) is 0 Å². The maximum atomic E-state index is 11.8. The lowest BCUT2D eigenvalue weighted by atomic mass is 10.1. The fraction of sp³-hybridized carbons (Fsp3) is 0.545. The molecule has 82 valence electrons. The maximum absolute atomic E-state index is 11.8. The number of carbonyl (C=O) groups excluding carboxylic acids is 1. The predicted molar refractivity (Wildman–Crippen MR) is 58.8 cm³/mol. The van der Waals surface area contributed by atoms with Crippen LogP contribution in [0.25, 0.3) is 0 Å². The standard InChI is InChI=1S/C11H17N3O/c1-14-7-3-5-10(14)11(15)13-9-4-2-6-12-8-9/h3,5,7,9,12H,2,4,6,8H2,1H3,(H,13,15)/t9-/m1/s1. The Bertz CT molecular complexity index is 339. The van der Waals surface area contributed by atoms with Gasteiger partial charge in [0, 0.05) is 25.8 Å². The Morgan fingerprint density at radius 3 is 3.13 bits per heavy atom. The second-order valence-electron chi connectivity index (χ2n) is 4.02. The summed E-state index contributed by atoms with van der Waals surface area (Å²) in [5.74, 6) is 0.0243. The van der Waals surface area contributed by atoms with E-state index in [4.69, 9.17) is 0 Å². The summed E-state index contributed by atoms with van der Waals surface area (Å²) < 4.78 is 1.84. The fourth-order valence-electron chi connectivity index (χ4n) is 1.93. The molecule has 1 aliphatic rings. The van der Waals surface area contributed by atoms with Gasteiger partial charge in [0.1, 0.15) is 5.69 Å². The molecule has 1 aromatic rings. The minimum atomic E-state index is 0.0243. The van der Waals surface area contributed by atoms with Crippen LogP contribution >= 0.6 is 0 Å². The molecule has 0 bridgehead atoms. The number of nitrogens with one attached hydrogen (secondary N) is 2. The summed E-state index contributed by atoms with van der Waals surface area (Å²) in [5, 5.41) is 6.32. The van der Waals surface area contributed by atoms with Crippen molar-refractivity contribution in [3.8, 4) is 0 Å². The summed E-state index contributed by atoms with van der Waals surface area (Å²) in [6, 6.07) is 4.00. The Balaban J connectivity index is 1.94. The number of carbonyl (C=O) groups is 1. The van der Waals surface area contributed by atoms with Gasteiger partial charge < -0.3 is 15.2 Å². The summed E-state index contributed by atoms with van der Waals surface area (Å²) in [6.07, 6.45) is 4.09. The molecule has 2 heterocycles. The van der Waals surface area contributed by atoms with E-state index in [1.54, 1.807) is 0 Å². The zero-order valence-electron chi connectivity index (χ0n) is 8.99. The van der Waals surface area contributed by atoms with Crippen LogP contribution in [-0.4, -0.2) is 29.6 Å². The van der Waals surface area contributed by atoms with E-state index in [2.05, 4.69) is 10.6 Å². The predicted octanol–water partition coefficient (Wildman–Crippen LogP) is 0.507. The second kappa shape index (κ2) is 4.49. The Hall–Kier alpha value is -1.29. The van der Waals surface area contributed by atoms with Gasteiger partial charge in [0.15, 0.2) is 0 Å². The molecule has 1 saturated heterocycles. The zero-order chi connectivity index (χ0) is 10.7. The molecule has 0 aliphatic carbocycles. The molecular formula is C11H17N3O. The molecule has 0 spiro atoms. The zero-order valence-corrected chi connectivity index (χ0v) is 8.99. The highest BCUT2D eigenvalue weighted by Crippen LogP contribution is 2.04. The van der Waals surface area contributed by atoms with Gasteiger partial charge in [0.2, 0.25) is 0 Å². The van der Waals surface area contributed by atoms with Crippen molar-refractivity contribution in [1.29, 1.82) is 0 Å². The van der Waals surface area contributed by atoms with Gasteiger partial charge in [-0.15, -0.1) is 0 Å². The minimum absolute atomic E-state index is 0.0243. The number of hydrogen-bond acceptors (Lipinski definition) is 2. The van der Waals surface area contributed by atoms with Gasteiger partial charge >= 0.3 is 0 Å². The summed E-state index contributed by atoms with van der Waals surface area (Å²) in [4.78, 5) is 11.8. The lowest BCUT2D eigenvalue weighted by molar-refractivity contribution is 0.0922. The molecule has 4 heteroatoms. The number of piperidine rings is 1. The summed E-state index contributed by atoms with van der Waals surface area (Å²) in [7, 11) is 1.88. The van der Waals surface area contributed by atoms with Crippen LogP contribution < -0.4 is 10.6 Å². The van der Waals surface area contributed by atoms with E-state index in [9.17, 15) is 4.79 Å². The molecule has 1 atom stereocenters. The van der Waals surface area contributed by atoms with E-state index < -0.39 is 0 Å². The molecule has 1 aliphatic heterocycles. The molecule has 0 aromatic carbocycles. The van der Waals surface area contributed by atoms with E-state index in [0.717, 1.165) is 31.6 Å². The Kier molecular flexibility index (Phi) is 3.06. The first-order valence-electron chi connectivity index (χ1n) is 5.40. The number of hydrogen-bond donors (Lipinski definition) is 2. The summed E-state index contributed by atoms with van der Waals surface area (Å²) in [6.45, 7) is 1.95. The average Bonchev–Trinajstić information content (AvgIpc) is 2.66. The molecule has 1 amide bonds. The topological polar surface area (TPSA) is 46.1 Å². The van der Waals surface area contributed by atoms with Crippen molar-refractivity contribution in [2.75, 3.05) is 13.1 Å². The number of rotatable bonds is 2. The van der Waals surface area contributed by atoms with Crippen molar-refractivity contribution in [3.05, 3.63) is 24.0 Å². The van der Waals surface area contributed by atoms with Gasteiger partial charge in [-0.05, 0) is 31.5 Å². The van der Waals surface area contributed by atoms with Gasteiger partial charge in [-0.3, -0.25) is 4.79 Å². The van der Waals surface area contributed by atoms with Crippen LogP contribution in [0.1, 0.15) is 23.3 Å². The van der Waals surface area contributed by atoms with Gasteiger partial charge in [-0.25, -0.2) is 0 Å². The van der Waals surface area contributed by atoms with E-state index >= 15 is 0 Å². The Morgan fingerprint density at radius 2 is 2.53 bits per heavy atom.